The van der Waals surface area contributed by atoms with Crippen molar-refractivity contribution in [3.8, 4) is 6.07 Å². The smallest absolute Gasteiger partial charge is 0.170 e. The minimum Gasteiger partial charge on any atom is -0.278 e. The average Bonchev–Trinajstić information content (AvgIpc) is 2.06. The number of nitriles is 1. The highest BCUT2D eigenvalue weighted by molar-refractivity contribution is 4.93. The summed E-state index contributed by atoms with van der Waals surface area (Å²) < 4.78 is 0. The van der Waals surface area contributed by atoms with Gasteiger partial charge in [0.05, 0.1) is 6.07 Å². The normalized spacial score (nSPS) is 20.4. The molecule has 0 N–H and O–H groups in total. The molecule has 0 bridgehead atoms. The van der Waals surface area contributed by atoms with Crippen LogP contribution in [0.2, 0.25) is 0 Å². The number of rotatable bonds is 2. The highest BCUT2D eigenvalue weighted by atomic mass is 16.7. The van der Waals surface area contributed by atoms with Crippen LogP contribution in [-0.4, -0.2) is 23.8 Å². The van der Waals surface area contributed by atoms with Gasteiger partial charge < -0.3 is 0 Å². The van der Waals surface area contributed by atoms with Gasteiger partial charge in [-0.1, -0.05) is 6.42 Å². The first kappa shape index (κ1) is 9.50. The first-order valence-corrected chi connectivity index (χ1v) is 4.49. The van der Waals surface area contributed by atoms with E-state index in [1.165, 1.54) is 19.3 Å². The summed E-state index contributed by atoms with van der Waals surface area (Å²) in [5.74, 6) is 0. The average molecular weight is 168 g/mol. The van der Waals surface area contributed by atoms with Gasteiger partial charge in [0.2, 0.25) is 0 Å². The minimum absolute atomic E-state index is 0.669. The predicted octanol–water partition coefficient (Wildman–Crippen LogP) is 1.71. The van der Waals surface area contributed by atoms with Crippen molar-refractivity contribution in [3.05, 3.63) is 0 Å². The molecule has 0 spiro atoms. The van der Waals surface area contributed by atoms with Crippen LogP contribution in [-0.2, 0) is 4.84 Å². The Labute approximate surface area is 73.9 Å². The molecule has 0 aromatic rings. The van der Waals surface area contributed by atoms with E-state index in [1.807, 2.05) is 5.06 Å². The minimum atomic E-state index is -0.669. The molecular weight excluding hydrogens is 152 g/mol. The number of hydrogen-bond acceptors (Lipinski definition) is 3. The fourth-order valence-electron chi connectivity index (χ4n) is 1.30. The molecular formula is C9H16N2O. The maximum atomic E-state index is 8.72. The Balaban J connectivity index is 2.35. The van der Waals surface area contributed by atoms with E-state index in [-0.39, 0.29) is 0 Å². The van der Waals surface area contributed by atoms with Gasteiger partial charge in [-0.2, -0.15) is 10.3 Å². The van der Waals surface area contributed by atoms with Crippen molar-refractivity contribution < 1.29 is 4.84 Å². The zero-order chi connectivity index (χ0) is 9.03. The second-order valence-electron chi connectivity index (χ2n) is 3.70. The molecule has 1 rings (SSSR count). The van der Waals surface area contributed by atoms with E-state index in [0.29, 0.717) is 0 Å². The largest absolute Gasteiger partial charge is 0.278 e. The van der Waals surface area contributed by atoms with Crippen molar-refractivity contribution >= 4 is 0 Å². The summed E-state index contributed by atoms with van der Waals surface area (Å²) in [5.41, 5.74) is -0.669. The molecule has 0 amide bonds. The maximum absolute atomic E-state index is 8.72. The lowest BCUT2D eigenvalue weighted by Crippen LogP contribution is -2.38. The fraction of sp³-hybridized carbons (Fsp3) is 0.889. The third kappa shape index (κ3) is 2.80. The monoisotopic (exact) mass is 168 g/mol. The lowest BCUT2D eigenvalue weighted by Gasteiger charge is -2.30. The summed E-state index contributed by atoms with van der Waals surface area (Å²) in [6.07, 6.45) is 3.65. The number of nitrogens with zero attached hydrogens (tertiary/aromatic N) is 2. The Morgan fingerprint density at radius 3 is 2.33 bits per heavy atom. The molecule has 0 aliphatic carbocycles. The molecule has 0 saturated carbocycles. The molecule has 1 aliphatic rings. The summed E-state index contributed by atoms with van der Waals surface area (Å²) in [5, 5.41) is 10.6. The van der Waals surface area contributed by atoms with Crippen LogP contribution >= 0.6 is 0 Å². The highest BCUT2D eigenvalue weighted by Gasteiger charge is 2.23. The van der Waals surface area contributed by atoms with Crippen LogP contribution < -0.4 is 0 Å². The molecule has 1 aliphatic heterocycles. The van der Waals surface area contributed by atoms with Gasteiger partial charge in [-0.05, 0) is 26.7 Å². The molecule has 3 heteroatoms. The summed E-state index contributed by atoms with van der Waals surface area (Å²) in [4.78, 5) is 5.50. The second-order valence-corrected chi connectivity index (χ2v) is 3.70. The molecule has 1 heterocycles. The molecule has 0 aromatic carbocycles. The van der Waals surface area contributed by atoms with E-state index in [4.69, 9.17) is 10.1 Å². The number of piperidine rings is 1. The van der Waals surface area contributed by atoms with Crippen LogP contribution in [0.25, 0.3) is 0 Å². The summed E-state index contributed by atoms with van der Waals surface area (Å²) >= 11 is 0. The number of hydrogen-bond donors (Lipinski definition) is 0. The Morgan fingerprint density at radius 1 is 1.25 bits per heavy atom. The predicted molar refractivity (Wildman–Crippen MR) is 46.2 cm³/mol. The van der Waals surface area contributed by atoms with Crippen LogP contribution in [0.3, 0.4) is 0 Å². The van der Waals surface area contributed by atoms with E-state index in [0.717, 1.165) is 13.1 Å². The summed E-state index contributed by atoms with van der Waals surface area (Å²) in [6, 6.07) is 2.12. The van der Waals surface area contributed by atoms with E-state index in [2.05, 4.69) is 6.07 Å². The third-order valence-corrected chi connectivity index (χ3v) is 1.94. The Morgan fingerprint density at radius 2 is 1.83 bits per heavy atom. The first-order valence-electron chi connectivity index (χ1n) is 4.49. The Bertz CT molecular complexity index is 177. The van der Waals surface area contributed by atoms with Crippen molar-refractivity contribution in [2.24, 2.45) is 0 Å². The van der Waals surface area contributed by atoms with Crippen LogP contribution in [0, 0.1) is 11.3 Å². The first-order chi connectivity index (χ1) is 5.64. The third-order valence-electron chi connectivity index (χ3n) is 1.94. The number of hydroxylamine groups is 2. The molecule has 1 saturated heterocycles. The van der Waals surface area contributed by atoms with Crippen LogP contribution in [0.1, 0.15) is 33.1 Å². The molecule has 0 unspecified atom stereocenters. The quantitative estimate of drug-likeness (QED) is 0.629. The van der Waals surface area contributed by atoms with E-state index < -0.39 is 5.60 Å². The van der Waals surface area contributed by atoms with E-state index in [9.17, 15) is 0 Å². The molecule has 0 radical (unpaired) electrons. The summed E-state index contributed by atoms with van der Waals surface area (Å²) in [6.45, 7) is 5.51. The highest BCUT2D eigenvalue weighted by Crippen LogP contribution is 2.15. The lowest BCUT2D eigenvalue weighted by molar-refractivity contribution is -0.221. The molecule has 1 fully saturated rings. The van der Waals surface area contributed by atoms with Crippen molar-refractivity contribution in [2.75, 3.05) is 13.1 Å². The van der Waals surface area contributed by atoms with Gasteiger partial charge in [0.1, 0.15) is 0 Å². The molecule has 68 valence electrons. The van der Waals surface area contributed by atoms with Gasteiger partial charge in [0.15, 0.2) is 5.60 Å². The van der Waals surface area contributed by atoms with Crippen molar-refractivity contribution in [1.82, 2.24) is 5.06 Å². The van der Waals surface area contributed by atoms with Gasteiger partial charge >= 0.3 is 0 Å². The van der Waals surface area contributed by atoms with Crippen molar-refractivity contribution in [3.63, 3.8) is 0 Å². The van der Waals surface area contributed by atoms with Gasteiger partial charge in [-0.25, -0.2) is 0 Å². The van der Waals surface area contributed by atoms with Gasteiger partial charge in [0, 0.05) is 13.1 Å². The molecule has 12 heavy (non-hydrogen) atoms. The molecule has 0 atom stereocenters. The van der Waals surface area contributed by atoms with E-state index in [1.54, 1.807) is 13.8 Å². The zero-order valence-electron chi connectivity index (χ0n) is 7.84. The van der Waals surface area contributed by atoms with Gasteiger partial charge in [-0.3, -0.25) is 4.84 Å². The Kier molecular flexibility index (Phi) is 3.07. The SMILES string of the molecule is CC(C)(C#N)ON1CCCCC1. The maximum Gasteiger partial charge on any atom is 0.170 e. The lowest BCUT2D eigenvalue weighted by atomic mass is 10.1. The second kappa shape index (κ2) is 3.88. The van der Waals surface area contributed by atoms with Crippen LogP contribution in [0.15, 0.2) is 0 Å². The van der Waals surface area contributed by atoms with E-state index >= 15 is 0 Å². The fourth-order valence-corrected chi connectivity index (χ4v) is 1.30. The van der Waals surface area contributed by atoms with Gasteiger partial charge in [-0.15, -0.1) is 0 Å². The standard InChI is InChI=1S/C9H16N2O/c1-9(2,8-10)12-11-6-4-3-5-7-11/h3-7H2,1-2H3. The van der Waals surface area contributed by atoms with Crippen LogP contribution in [0.5, 0.6) is 0 Å². The van der Waals surface area contributed by atoms with Crippen molar-refractivity contribution in [1.29, 1.82) is 5.26 Å². The topological polar surface area (TPSA) is 36.3 Å². The van der Waals surface area contributed by atoms with Gasteiger partial charge in [0.25, 0.3) is 0 Å². The molecule has 3 nitrogen and oxygen atoms in total. The van der Waals surface area contributed by atoms with Crippen LogP contribution in [0.4, 0.5) is 0 Å². The molecule has 0 aromatic heterocycles. The van der Waals surface area contributed by atoms with Crippen molar-refractivity contribution in [2.45, 2.75) is 38.7 Å². The Hall–Kier alpha value is -0.590. The zero-order valence-corrected chi connectivity index (χ0v) is 7.84. The summed E-state index contributed by atoms with van der Waals surface area (Å²) in [7, 11) is 0.